The van der Waals surface area contributed by atoms with Gasteiger partial charge < -0.3 is 29.5 Å². The average molecular weight is 1690 g/mol. The summed E-state index contributed by atoms with van der Waals surface area (Å²) < 4.78 is 16.0. The van der Waals surface area contributed by atoms with Crippen molar-refractivity contribution in [2.75, 3.05) is 21.3 Å². The number of unbranched alkanes of at least 4 members (excludes halogenated alkanes) is 5. The van der Waals surface area contributed by atoms with E-state index in [0.717, 1.165) is 81.5 Å². The third kappa shape index (κ3) is 21.0. The van der Waals surface area contributed by atoms with Crippen LogP contribution in [-0.2, 0) is 67.3 Å². The number of hydrogen-bond acceptors (Lipinski definition) is 12. The van der Waals surface area contributed by atoms with Gasteiger partial charge in [0.25, 0.3) is 0 Å². The van der Waals surface area contributed by atoms with Crippen LogP contribution in [-0.4, -0.2) is 71.3 Å². The number of Topliss-reactive ketones (excluding diaryl/α,β-unsaturated/α-hetero) is 5. The molecule has 0 bridgehead atoms. The number of methoxy groups -OCH3 is 3. The Labute approximate surface area is 743 Å². The van der Waals surface area contributed by atoms with Crippen molar-refractivity contribution >= 4 is 34.7 Å². The zero-order valence-corrected chi connectivity index (χ0v) is 77.6. The fraction of sp³-hybridized carbons (Fsp3) is 0.607. The first-order valence-electron chi connectivity index (χ1n) is 49.2. The summed E-state index contributed by atoms with van der Waals surface area (Å²) in [7, 11) is 5.14. The van der Waals surface area contributed by atoms with Crippen molar-refractivity contribution in [1.82, 2.24) is 0 Å². The van der Waals surface area contributed by atoms with E-state index in [-0.39, 0.29) is 35.4 Å². The van der Waals surface area contributed by atoms with Gasteiger partial charge in [-0.3, -0.25) is 28.8 Å². The van der Waals surface area contributed by atoms with E-state index in [9.17, 15) is 44.1 Å². The quantitative estimate of drug-likeness (QED) is 0.0739. The minimum atomic E-state index is 0.136. The molecule has 12 aliphatic rings. The van der Waals surface area contributed by atoms with Crippen LogP contribution in [0.25, 0.3) is 0 Å². The number of ketones is 6. The highest BCUT2D eigenvalue weighted by Crippen LogP contribution is 2.57. The first kappa shape index (κ1) is 93.5. The van der Waals surface area contributed by atoms with E-state index in [1.54, 1.807) is 45.6 Å². The fourth-order valence-corrected chi connectivity index (χ4v) is 26.4. The molecule has 0 heterocycles. The van der Waals surface area contributed by atoms with Crippen molar-refractivity contribution < 1.29 is 58.3 Å². The van der Waals surface area contributed by atoms with Crippen molar-refractivity contribution in [2.45, 2.75) is 317 Å². The zero-order chi connectivity index (χ0) is 88.2. The molecule has 5 fully saturated rings. The Morgan fingerprint density at radius 3 is 0.944 bits per heavy atom. The Kier molecular flexibility index (Phi) is 32.5. The third-order valence-corrected chi connectivity index (χ3v) is 33.3. The maximum atomic E-state index is 12.5. The minimum Gasteiger partial charge on any atom is -0.508 e. The number of rotatable bonds is 18. The van der Waals surface area contributed by atoms with Crippen LogP contribution >= 0.6 is 0 Å². The van der Waals surface area contributed by atoms with Gasteiger partial charge in [0.1, 0.15) is 63.4 Å². The maximum absolute atomic E-state index is 12.5. The van der Waals surface area contributed by atoms with Crippen molar-refractivity contribution in [2.24, 2.45) is 94.7 Å². The molecule has 3 N–H and O–H groups in total. The molecule has 0 spiro atoms. The van der Waals surface area contributed by atoms with Gasteiger partial charge in [-0.1, -0.05) is 176 Å². The standard InChI is InChI=1S/2C20H28O2.3C19H26O2.C15H16O2/c1-4-5-6-16-13(2)20(21)12-19-17-10-8-15(22-3)11-14(17)7-9-18(16)19;1-4-5-6-14-12-19(21)13(2)20-17(14)9-7-15-11-16(22-3)8-10-18(15)20;2*1-3-4-5-15-12(2)19(21)11-18-16-9-7-14(20)10-13(16)6-8-17(15)18;1-3-4-5-13-11-18(21)12(2)19-16(13)8-6-14-10-15(20)7-9-17(14)19;1-17-13-6-7-14-11(8-13)3-2-10-4-5-12(16)9-15(10)14/h8,10-11,13,16,18-19H,4-7,9,12H2,1-3H3;8,10-11,13-14,17,20H,4-7,9,12H2,1-3H3;2*7,9-10,12,15,17-18,20H,3-6,8,11H2,1-2H3;7,9-10,12-13,16,19-20H,3-6,8,11H2,1-2H3;4-8,10,15H,2-3,9H2,1H3/t13?,16-,18-,19+;13-,14-,17-,20-;12-,15+,17+,18-;12-,15-,17-,18+;12-,13-,16-,19-;10-,15-/m001000/s1. The molecule has 18 rings (SSSR count). The van der Waals surface area contributed by atoms with Gasteiger partial charge in [-0.25, -0.2) is 0 Å². The van der Waals surface area contributed by atoms with Crippen LogP contribution in [0.2, 0.25) is 0 Å². The Morgan fingerprint density at radius 2 is 0.589 bits per heavy atom. The molecule has 12 aliphatic carbocycles. The van der Waals surface area contributed by atoms with E-state index in [2.05, 4.69) is 142 Å². The predicted molar refractivity (Wildman–Crippen MR) is 498 cm³/mol. The topological polar surface area (TPSA) is 191 Å². The van der Waals surface area contributed by atoms with Gasteiger partial charge in [0, 0.05) is 68.1 Å². The lowest BCUT2D eigenvalue weighted by Crippen LogP contribution is -2.40. The van der Waals surface area contributed by atoms with Crippen LogP contribution < -0.4 is 14.2 Å². The molecule has 12 heteroatoms. The zero-order valence-electron chi connectivity index (χ0n) is 77.6. The van der Waals surface area contributed by atoms with Gasteiger partial charge in [-0.15, -0.1) is 0 Å². The second-order valence-corrected chi connectivity index (χ2v) is 40.1. The van der Waals surface area contributed by atoms with Gasteiger partial charge in [-0.2, -0.15) is 0 Å². The van der Waals surface area contributed by atoms with Gasteiger partial charge in [0.15, 0.2) is 5.78 Å². The number of hydrogen-bond donors (Lipinski definition) is 3. The molecular formula is C112H150O12. The largest absolute Gasteiger partial charge is 0.508 e. The number of benzene rings is 6. The predicted octanol–water partition coefficient (Wildman–Crippen LogP) is 25.7. The fourth-order valence-electron chi connectivity index (χ4n) is 26.4. The average Bonchev–Trinajstić information content (AvgIpc) is 0.794. The van der Waals surface area contributed by atoms with Crippen LogP contribution in [0, 0.1) is 94.7 Å². The molecule has 6 aromatic rings. The SMILES string of the molecule is CCCC[C@@H]1[C@@H]2CCc3cc(O)ccc3[C@H]2CC(=O)[C@@H]1C.CCCC[C@@H]1[C@@H]2CCc3cc(O)ccc3[C@H]2CC(=O)[C@H]1C.CCCC[C@H]1C(C)C(=O)C[C@@H]2c3ccc(OC)cc3CC[C@H]21.CCCC[C@H]1CC(=O)[C@H](C)[C@@H]2c3ccc(O)cc3CC[C@@H]12.CCCC[C@H]1CC(=O)[C@H](C)[C@@H]2c3ccc(OC)cc3CC[C@@H]12.COc1ccc2c(c1)CC[C@H]1C=CC(=O)C[C@H]21. The molecule has 0 saturated heterocycles. The molecule has 22 atom stereocenters. The van der Waals surface area contributed by atoms with Crippen molar-refractivity contribution in [3.63, 3.8) is 0 Å². The lowest BCUT2D eigenvalue weighted by molar-refractivity contribution is -0.129. The van der Waals surface area contributed by atoms with Gasteiger partial charge in [0.2, 0.25) is 0 Å². The number of aryl methyl sites for hydroxylation is 6. The maximum Gasteiger partial charge on any atom is 0.156 e. The lowest BCUT2D eigenvalue weighted by atomic mass is 9.58. The highest BCUT2D eigenvalue weighted by atomic mass is 16.5. The molecule has 0 aliphatic heterocycles. The molecule has 5 saturated carbocycles. The Hall–Kier alpha value is -8.12. The number of phenolic OH excluding ortho intramolecular Hbond substituents is 3. The summed E-state index contributed by atoms with van der Waals surface area (Å²) in [5.41, 5.74) is 16.1. The van der Waals surface area contributed by atoms with Crippen LogP contribution in [0.15, 0.2) is 121 Å². The van der Waals surface area contributed by atoms with Crippen LogP contribution in [0.3, 0.4) is 0 Å². The summed E-state index contributed by atoms with van der Waals surface area (Å²) in [6.07, 6.45) is 40.2. The monoisotopic (exact) mass is 1690 g/mol. The van der Waals surface area contributed by atoms with Crippen LogP contribution in [0.1, 0.15) is 345 Å². The van der Waals surface area contributed by atoms with Crippen LogP contribution in [0.5, 0.6) is 34.5 Å². The second kappa shape index (κ2) is 43.1. The van der Waals surface area contributed by atoms with E-state index in [1.165, 1.54) is 195 Å². The molecule has 1 unspecified atom stereocenters. The number of fused-ring (bicyclic) bond motifs is 18. The van der Waals surface area contributed by atoms with Crippen molar-refractivity contribution in [3.05, 3.63) is 188 Å². The highest BCUT2D eigenvalue weighted by Gasteiger charge is 2.50. The number of carbonyl (C=O) groups excluding carboxylic acids is 6. The summed E-state index contributed by atoms with van der Waals surface area (Å²) in [6, 6.07) is 36.4. The molecule has 12 nitrogen and oxygen atoms in total. The summed E-state index contributed by atoms with van der Waals surface area (Å²) in [5, 5.41) is 29.1. The van der Waals surface area contributed by atoms with E-state index in [4.69, 9.17) is 14.2 Å². The van der Waals surface area contributed by atoms with Gasteiger partial charge >= 0.3 is 0 Å². The molecule has 0 aromatic heterocycles. The molecule has 6 aromatic carbocycles. The molecule has 670 valence electrons. The van der Waals surface area contributed by atoms with E-state index in [1.807, 2.05) is 24.3 Å². The molecule has 0 amide bonds. The van der Waals surface area contributed by atoms with Gasteiger partial charge in [0.05, 0.1) is 21.3 Å². The number of allylic oxidation sites excluding steroid dienone is 2. The number of aromatic hydroxyl groups is 3. The van der Waals surface area contributed by atoms with Gasteiger partial charge in [-0.05, 0) is 355 Å². The lowest BCUT2D eigenvalue weighted by Gasteiger charge is -2.45. The Morgan fingerprint density at radius 1 is 0.306 bits per heavy atom. The minimum absolute atomic E-state index is 0.136. The summed E-state index contributed by atoms with van der Waals surface area (Å²) in [5.74, 6) is 16.6. The first-order chi connectivity index (χ1) is 59.9. The number of carbonyl (C=O) groups is 6. The van der Waals surface area contributed by atoms with E-state index in [0.29, 0.717) is 166 Å². The van der Waals surface area contributed by atoms with E-state index < -0.39 is 0 Å². The van der Waals surface area contributed by atoms with Crippen LogP contribution in [0.4, 0.5) is 0 Å². The molecular weight excluding hydrogens is 1540 g/mol. The summed E-state index contributed by atoms with van der Waals surface area (Å²) in [4.78, 5) is 74.0. The van der Waals surface area contributed by atoms with Crippen molar-refractivity contribution in [3.8, 4) is 34.5 Å². The number of ether oxygens (including phenoxy) is 3. The first-order valence-corrected chi connectivity index (χ1v) is 49.2. The summed E-state index contributed by atoms with van der Waals surface area (Å²) >= 11 is 0. The second-order valence-electron chi connectivity index (χ2n) is 40.1. The van der Waals surface area contributed by atoms with E-state index >= 15 is 0 Å². The molecule has 124 heavy (non-hydrogen) atoms. The van der Waals surface area contributed by atoms with Crippen molar-refractivity contribution in [1.29, 1.82) is 0 Å². The third-order valence-electron chi connectivity index (χ3n) is 33.3. The number of phenols is 3. The smallest absolute Gasteiger partial charge is 0.156 e. The summed E-state index contributed by atoms with van der Waals surface area (Å²) in [6.45, 7) is 21.9. The Balaban J connectivity index is 0.000000128. The highest BCUT2D eigenvalue weighted by molar-refractivity contribution is 5.91. The molecule has 0 radical (unpaired) electrons. The normalized spacial score (nSPS) is 30.5. The Bertz CT molecular complexity index is 4590.